The topological polar surface area (TPSA) is 13.1 Å². The average Bonchev–Trinajstić information content (AvgIpc) is 3.68. The van der Waals surface area contributed by atoms with Crippen LogP contribution < -0.4 is 4.90 Å². The smallest absolute Gasteiger partial charge is 0.0562 e. The van der Waals surface area contributed by atoms with Gasteiger partial charge in [-0.2, -0.15) is 0 Å². The van der Waals surface area contributed by atoms with Gasteiger partial charge in [-0.3, -0.25) is 0 Å². The minimum atomic E-state index is 1.10. The molecule has 3 heteroatoms. The molecule has 8 aromatic carbocycles. The van der Waals surface area contributed by atoms with Gasteiger partial charge >= 0.3 is 0 Å². The summed E-state index contributed by atoms with van der Waals surface area (Å²) in [5.41, 5.74) is 10.4. The Hall–Kier alpha value is -6.58. The zero-order valence-corrected chi connectivity index (χ0v) is 26.7. The summed E-state index contributed by atoms with van der Waals surface area (Å²) in [7, 11) is 0. The largest absolute Gasteiger partial charge is 0.310 e. The summed E-state index contributed by atoms with van der Waals surface area (Å²) in [6.07, 6.45) is 0. The van der Waals surface area contributed by atoms with Crippen LogP contribution in [0.1, 0.15) is 0 Å². The number of aromatic nitrogens is 2. The number of benzene rings is 8. The number of nitrogens with zero attached hydrogens (tertiary/aromatic N) is 3. The molecule has 0 aliphatic heterocycles. The van der Waals surface area contributed by atoms with Gasteiger partial charge in [-0.15, -0.1) is 0 Å². The first kappa shape index (κ1) is 27.5. The summed E-state index contributed by atoms with van der Waals surface area (Å²) in [6, 6.07) is 67.9. The molecule has 2 aromatic heterocycles. The van der Waals surface area contributed by atoms with Crippen LogP contribution in [-0.4, -0.2) is 9.13 Å². The van der Waals surface area contributed by atoms with Crippen molar-refractivity contribution >= 4 is 71.4 Å². The number of anilines is 3. The molecule has 10 rings (SSSR count). The highest BCUT2D eigenvalue weighted by atomic mass is 15.2. The van der Waals surface area contributed by atoms with Gasteiger partial charge in [0.25, 0.3) is 0 Å². The Morgan fingerprint density at radius 3 is 1.76 bits per heavy atom. The van der Waals surface area contributed by atoms with E-state index in [1.807, 2.05) is 0 Å². The fourth-order valence-electron chi connectivity index (χ4n) is 7.81. The summed E-state index contributed by atoms with van der Waals surface area (Å²) >= 11 is 0. The summed E-state index contributed by atoms with van der Waals surface area (Å²) in [5, 5.41) is 7.40. The third kappa shape index (κ3) is 4.23. The van der Waals surface area contributed by atoms with E-state index in [2.05, 4.69) is 202 Å². The molecule has 0 atom stereocenters. The van der Waals surface area contributed by atoms with Crippen molar-refractivity contribution in [1.82, 2.24) is 9.13 Å². The van der Waals surface area contributed by atoms with Gasteiger partial charge in [0, 0.05) is 44.0 Å². The van der Waals surface area contributed by atoms with E-state index >= 15 is 0 Å². The van der Waals surface area contributed by atoms with E-state index in [0.717, 1.165) is 22.7 Å². The Balaban J connectivity index is 1.29. The van der Waals surface area contributed by atoms with Crippen LogP contribution in [0.2, 0.25) is 0 Å². The van der Waals surface area contributed by atoms with Gasteiger partial charge in [-0.1, -0.05) is 121 Å². The zero-order chi connectivity index (χ0) is 32.3. The van der Waals surface area contributed by atoms with Gasteiger partial charge in [-0.05, 0) is 72.1 Å². The van der Waals surface area contributed by atoms with Crippen molar-refractivity contribution in [1.29, 1.82) is 0 Å². The average molecular weight is 626 g/mol. The second kappa shape index (κ2) is 11.0. The maximum atomic E-state index is 2.44. The highest BCUT2D eigenvalue weighted by Crippen LogP contribution is 2.45. The molecule has 0 saturated carbocycles. The van der Waals surface area contributed by atoms with Crippen LogP contribution in [0, 0.1) is 0 Å². The van der Waals surface area contributed by atoms with E-state index in [-0.39, 0.29) is 0 Å². The van der Waals surface area contributed by atoms with Gasteiger partial charge in [-0.25, -0.2) is 0 Å². The van der Waals surface area contributed by atoms with Crippen molar-refractivity contribution in [2.24, 2.45) is 0 Å². The van der Waals surface area contributed by atoms with E-state index < -0.39 is 0 Å². The first-order valence-electron chi connectivity index (χ1n) is 16.8. The van der Waals surface area contributed by atoms with Gasteiger partial charge in [0.15, 0.2) is 0 Å². The summed E-state index contributed by atoms with van der Waals surface area (Å²) in [4.78, 5) is 2.43. The Kier molecular flexibility index (Phi) is 6.18. The molecule has 2 heterocycles. The summed E-state index contributed by atoms with van der Waals surface area (Å²) < 4.78 is 4.83. The number of fused-ring (bicyclic) bond motifs is 7. The first-order chi connectivity index (χ1) is 24.3. The standard InChI is InChI=1S/C46H31N3/c1-3-17-33(18-4-1)47(35-29-30-38-37-22-9-11-24-41(37)48(45(38)31-35)34-19-5-2-6-20-34)43-27-14-28-44-46(43)39-23-10-12-25-42(39)49(44)40-26-13-16-32-15-7-8-21-36(32)40/h1-31H. The van der Waals surface area contributed by atoms with Gasteiger partial charge in [0.1, 0.15) is 0 Å². The second-order valence-electron chi connectivity index (χ2n) is 12.6. The molecule has 0 fully saturated rings. The lowest BCUT2D eigenvalue weighted by Gasteiger charge is -2.27. The second-order valence-corrected chi connectivity index (χ2v) is 12.6. The van der Waals surface area contributed by atoms with Crippen LogP contribution in [0.5, 0.6) is 0 Å². The molecular formula is C46H31N3. The molecule has 230 valence electrons. The predicted octanol–water partition coefficient (Wildman–Crippen LogP) is 12.5. The normalized spacial score (nSPS) is 11.7. The fraction of sp³-hybridized carbons (Fsp3) is 0. The summed E-state index contributed by atoms with van der Waals surface area (Å²) in [6.45, 7) is 0. The minimum absolute atomic E-state index is 1.10. The molecule has 0 spiro atoms. The SMILES string of the molecule is c1ccc(N(c2ccc3c4ccccc4n(-c4ccccc4)c3c2)c2cccc3c2c2ccccc2n3-c2cccc3ccccc23)cc1. The molecule has 49 heavy (non-hydrogen) atoms. The molecule has 0 bridgehead atoms. The highest BCUT2D eigenvalue weighted by Gasteiger charge is 2.22. The van der Waals surface area contributed by atoms with Gasteiger partial charge < -0.3 is 14.0 Å². The van der Waals surface area contributed by atoms with Crippen LogP contribution in [-0.2, 0) is 0 Å². The van der Waals surface area contributed by atoms with Crippen LogP contribution in [0.3, 0.4) is 0 Å². The summed E-state index contributed by atoms with van der Waals surface area (Å²) in [5.74, 6) is 0. The molecule has 0 amide bonds. The van der Waals surface area contributed by atoms with Crippen LogP contribution in [0.4, 0.5) is 17.1 Å². The third-order valence-corrected chi connectivity index (χ3v) is 9.87. The molecule has 3 nitrogen and oxygen atoms in total. The fourth-order valence-corrected chi connectivity index (χ4v) is 7.81. The van der Waals surface area contributed by atoms with Crippen LogP contribution in [0.15, 0.2) is 188 Å². The Labute approximate surface area is 284 Å². The van der Waals surface area contributed by atoms with E-state index in [1.165, 1.54) is 60.1 Å². The minimum Gasteiger partial charge on any atom is -0.310 e. The number of rotatable bonds is 5. The van der Waals surface area contributed by atoms with E-state index in [9.17, 15) is 0 Å². The van der Waals surface area contributed by atoms with Crippen molar-refractivity contribution in [2.75, 3.05) is 4.90 Å². The predicted molar refractivity (Wildman–Crippen MR) is 207 cm³/mol. The number of para-hydroxylation sites is 4. The maximum absolute atomic E-state index is 2.44. The lowest BCUT2D eigenvalue weighted by atomic mass is 10.1. The number of hydrogen-bond acceptors (Lipinski definition) is 1. The molecule has 0 radical (unpaired) electrons. The van der Waals surface area contributed by atoms with Gasteiger partial charge in [0.05, 0.1) is 33.4 Å². The molecule has 0 unspecified atom stereocenters. The van der Waals surface area contributed by atoms with Crippen molar-refractivity contribution in [3.63, 3.8) is 0 Å². The first-order valence-corrected chi connectivity index (χ1v) is 16.8. The van der Waals surface area contributed by atoms with Crippen LogP contribution >= 0.6 is 0 Å². The monoisotopic (exact) mass is 625 g/mol. The van der Waals surface area contributed by atoms with Crippen LogP contribution in [0.25, 0.3) is 65.8 Å². The highest BCUT2D eigenvalue weighted by molar-refractivity contribution is 6.18. The van der Waals surface area contributed by atoms with Crippen molar-refractivity contribution < 1.29 is 0 Å². The van der Waals surface area contributed by atoms with Crippen molar-refractivity contribution in [3.05, 3.63) is 188 Å². The maximum Gasteiger partial charge on any atom is 0.0562 e. The van der Waals surface area contributed by atoms with Crippen molar-refractivity contribution in [3.8, 4) is 11.4 Å². The van der Waals surface area contributed by atoms with Crippen molar-refractivity contribution in [2.45, 2.75) is 0 Å². The molecule has 0 aliphatic carbocycles. The molecular weight excluding hydrogens is 595 g/mol. The molecule has 0 aliphatic rings. The Morgan fingerprint density at radius 1 is 0.347 bits per heavy atom. The third-order valence-electron chi connectivity index (χ3n) is 9.87. The molecule has 0 N–H and O–H groups in total. The van der Waals surface area contributed by atoms with E-state index in [0.29, 0.717) is 0 Å². The lowest BCUT2D eigenvalue weighted by Crippen LogP contribution is -2.10. The Morgan fingerprint density at radius 2 is 0.939 bits per heavy atom. The molecule has 10 aromatic rings. The number of hydrogen-bond donors (Lipinski definition) is 0. The zero-order valence-electron chi connectivity index (χ0n) is 26.7. The van der Waals surface area contributed by atoms with E-state index in [1.54, 1.807) is 0 Å². The van der Waals surface area contributed by atoms with Gasteiger partial charge in [0.2, 0.25) is 0 Å². The quantitative estimate of drug-likeness (QED) is 0.185. The lowest BCUT2D eigenvalue weighted by molar-refractivity contribution is 1.18. The molecule has 0 saturated heterocycles. The Bertz CT molecular complexity index is 2820. The van der Waals surface area contributed by atoms with E-state index in [4.69, 9.17) is 0 Å².